The molecule has 0 aromatic carbocycles. The quantitative estimate of drug-likeness (QED) is 0.735. The highest BCUT2D eigenvalue weighted by Gasteiger charge is 2.26. The summed E-state index contributed by atoms with van der Waals surface area (Å²) in [6.07, 6.45) is 2.47. The average molecular weight is 243 g/mol. The van der Waals surface area contributed by atoms with Crippen LogP contribution in [0.1, 0.15) is 26.2 Å². The third-order valence-corrected chi connectivity index (χ3v) is 3.16. The molecule has 0 aromatic heterocycles. The summed E-state index contributed by atoms with van der Waals surface area (Å²) >= 11 is 0. The molecule has 1 unspecified atom stereocenters. The van der Waals surface area contributed by atoms with E-state index >= 15 is 0 Å². The van der Waals surface area contributed by atoms with E-state index in [0.717, 1.165) is 25.9 Å². The van der Waals surface area contributed by atoms with Crippen LogP contribution in [0.2, 0.25) is 0 Å². The van der Waals surface area contributed by atoms with Crippen LogP contribution >= 0.6 is 0 Å². The molecular formula is C12H21NO4. The van der Waals surface area contributed by atoms with Crippen molar-refractivity contribution in [1.29, 1.82) is 0 Å². The molecule has 0 N–H and O–H groups in total. The number of ether oxygens (including phenoxy) is 3. The summed E-state index contributed by atoms with van der Waals surface area (Å²) in [6, 6.07) is 0. The van der Waals surface area contributed by atoms with Crippen molar-refractivity contribution < 1.29 is 19.0 Å². The molecule has 2 aliphatic heterocycles. The molecule has 2 aliphatic rings. The maximum absolute atomic E-state index is 12.1. The molecule has 0 radical (unpaired) electrons. The van der Waals surface area contributed by atoms with Crippen molar-refractivity contribution in [1.82, 2.24) is 4.90 Å². The van der Waals surface area contributed by atoms with Crippen LogP contribution in [0.15, 0.2) is 0 Å². The Labute approximate surface area is 102 Å². The van der Waals surface area contributed by atoms with Crippen molar-refractivity contribution >= 4 is 5.91 Å². The van der Waals surface area contributed by atoms with E-state index in [1.807, 2.05) is 0 Å². The Morgan fingerprint density at radius 2 is 2.06 bits per heavy atom. The highest BCUT2D eigenvalue weighted by molar-refractivity contribution is 5.80. The second-order valence-corrected chi connectivity index (χ2v) is 4.51. The number of carbonyl (C=O) groups is 1. The van der Waals surface area contributed by atoms with Gasteiger partial charge in [-0.2, -0.15) is 0 Å². The van der Waals surface area contributed by atoms with Crippen LogP contribution in [-0.2, 0) is 19.0 Å². The molecule has 0 bridgehead atoms. The normalized spacial score (nSPS) is 27.8. The van der Waals surface area contributed by atoms with E-state index in [-0.39, 0.29) is 12.2 Å². The molecule has 5 heteroatoms. The maximum Gasteiger partial charge on any atom is 0.251 e. The molecule has 5 nitrogen and oxygen atoms in total. The highest BCUT2D eigenvalue weighted by atomic mass is 16.7. The van der Waals surface area contributed by atoms with E-state index in [1.54, 1.807) is 11.8 Å². The summed E-state index contributed by atoms with van der Waals surface area (Å²) in [7, 11) is 0. The van der Waals surface area contributed by atoms with Gasteiger partial charge in [0.2, 0.25) is 0 Å². The van der Waals surface area contributed by atoms with Crippen molar-refractivity contribution in [3.05, 3.63) is 0 Å². The largest absolute Gasteiger partial charge is 0.378 e. The van der Waals surface area contributed by atoms with Crippen LogP contribution in [0, 0.1) is 0 Å². The number of amides is 1. The first-order chi connectivity index (χ1) is 8.27. The lowest BCUT2D eigenvalue weighted by molar-refractivity contribution is -0.195. The topological polar surface area (TPSA) is 48.0 Å². The number of morpholine rings is 1. The van der Waals surface area contributed by atoms with Gasteiger partial charge in [-0.3, -0.25) is 4.79 Å². The molecule has 17 heavy (non-hydrogen) atoms. The summed E-state index contributed by atoms with van der Waals surface area (Å²) in [5, 5.41) is 0. The van der Waals surface area contributed by atoms with E-state index in [2.05, 4.69) is 0 Å². The highest BCUT2D eigenvalue weighted by Crippen LogP contribution is 2.16. The first-order valence-electron chi connectivity index (χ1n) is 6.41. The fraction of sp³-hybridized carbons (Fsp3) is 0.917. The van der Waals surface area contributed by atoms with E-state index < -0.39 is 6.10 Å². The first kappa shape index (κ1) is 12.8. The van der Waals surface area contributed by atoms with Gasteiger partial charge in [0, 0.05) is 19.7 Å². The fourth-order valence-electron chi connectivity index (χ4n) is 2.15. The smallest absolute Gasteiger partial charge is 0.251 e. The Balaban J connectivity index is 1.77. The van der Waals surface area contributed by atoms with Gasteiger partial charge >= 0.3 is 0 Å². The van der Waals surface area contributed by atoms with Crippen molar-refractivity contribution in [2.45, 2.75) is 38.6 Å². The molecule has 2 heterocycles. The predicted molar refractivity (Wildman–Crippen MR) is 61.5 cm³/mol. The zero-order chi connectivity index (χ0) is 12.1. The number of hydrogen-bond donors (Lipinski definition) is 0. The van der Waals surface area contributed by atoms with E-state index in [9.17, 15) is 4.79 Å². The van der Waals surface area contributed by atoms with Crippen LogP contribution in [0.25, 0.3) is 0 Å². The average Bonchev–Trinajstić information content (AvgIpc) is 2.40. The van der Waals surface area contributed by atoms with Crippen LogP contribution in [-0.4, -0.2) is 56.1 Å². The Hall–Kier alpha value is -0.650. The lowest BCUT2D eigenvalue weighted by Crippen LogP contribution is -2.46. The number of rotatable bonds is 3. The molecule has 2 rings (SSSR count). The van der Waals surface area contributed by atoms with Gasteiger partial charge in [0.1, 0.15) is 6.10 Å². The molecular weight excluding hydrogens is 222 g/mol. The van der Waals surface area contributed by atoms with E-state index in [4.69, 9.17) is 14.2 Å². The van der Waals surface area contributed by atoms with Gasteiger partial charge < -0.3 is 19.1 Å². The van der Waals surface area contributed by atoms with Crippen LogP contribution < -0.4 is 0 Å². The summed E-state index contributed by atoms with van der Waals surface area (Å²) < 4.78 is 16.3. The molecule has 2 saturated heterocycles. The van der Waals surface area contributed by atoms with Gasteiger partial charge in [-0.05, 0) is 26.2 Å². The monoisotopic (exact) mass is 243 g/mol. The molecule has 0 spiro atoms. The van der Waals surface area contributed by atoms with Crippen molar-refractivity contribution in [2.75, 3.05) is 32.9 Å². The van der Waals surface area contributed by atoms with E-state index in [1.165, 1.54) is 0 Å². The zero-order valence-corrected chi connectivity index (χ0v) is 10.4. The summed E-state index contributed by atoms with van der Waals surface area (Å²) in [6.45, 7) is 5.12. The summed E-state index contributed by atoms with van der Waals surface area (Å²) in [5.41, 5.74) is 0. The van der Waals surface area contributed by atoms with Crippen molar-refractivity contribution in [3.63, 3.8) is 0 Å². The zero-order valence-electron chi connectivity index (χ0n) is 10.4. The second kappa shape index (κ2) is 6.33. The minimum Gasteiger partial charge on any atom is -0.378 e. The molecule has 98 valence electrons. The number of carbonyl (C=O) groups excluding carboxylic acids is 1. The fourth-order valence-corrected chi connectivity index (χ4v) is 2.15. The molecule has 0 saturated carbocycles. The van der Waals surface area contributed by atoms with Crippen LogP contribution in [0.4, 0.5) is 0 Å². The Morgan fingerprint density at radius 1 is 1.29 bits per heavy atom. The molecule has 2 atom stereocenters. The summed E-state index contributed by atoms with van der Waals surface area (Å²) in [5.74, 6) is 0.0440. The Bertz CT molecular complexity index is 247. The van der Waals surface area contributed by atoms with Crippen molar-refractivity contribution in [2.24, 2.45) is 0 Å². The Kier molecular flexibility index (Phi) is 4.76. The molecule has 0 aliphatic carbocycles. The summed E-state index contributed by atoms with van der Waals surface area (Å²) in [4.78, 5) is 13.9. The van der Waals surface area contributed by atoms with Crippen LogP contribution in [0.3, 0.4) is 0 Å². The predicted octanol–water partition coefficient (Wildman–Crippen LogP) is 0.777. The third-order valence-electron chi connectivity index (χ3n) is 3.16. The maximum atomic E-state index is 12.1. The van der Waals surface area contributed by atoms with Gasteiger partial charge in [0.25, 0.3) is 5.91 Å². The first-order valence-corrected chi connectivity index (χ1v) is 6.41. The second-order valence-electron chi connectivity index (χ2n) is 4.51. The SMILES string of the molecule is C[C@H](OC1CCCCO1)C(=O)N1CCOCC1. The standard InChI is InChI=1S/C12H21NO4/c1-10(17-11-4-2-3-7-16-11)12(14)13-5-8-15-9-6-13/h10-11H,2-9H2,1H3/t10-,11?/m0/s1. The van der Waals surface area contributed by atoms with Gasteiger partial charge in [-0.25, -0.2) is 0 Å². The molecule has 0 aromatic rings. The van der Waals surface area contributed by atoms with Gasteiger partial charge in [0.15, 0.2) is 6.29 Å². The number of hydrogen-bond acceptors (Lipinski definition) is 4. The van der Waals surface area contributed by atoms with Gasteiger partial charge in [-0.1, -0.05) is 0 Å². The molecule has 1 amide bonds. The van der Waals surface area contributed by atoms with Crippen LogP contribution in [0.5, 0.6) is 0 Å². The minimum atomic E-state index is -0.420. The van der Waals surface area contributed by atoms with Gasteiger partial charge in [-0.15, -0.1) is 0 Å². The van der Waals surface area contributed by atoms with Crippen molar-refractivity contribution in [3.8, 4) is 0 Å². The lowest BCUT2D eigenvalue weighted by Gasteiger charge is -2.31. The number of nitrogens with zero attached hydrogens (tertiary/aromatic N) is 1. The van der Waals surface area contributed by atoms with E-state index in [0.29, 0.717) is 26.3 Å². The third kappa shape index (κ3) is 3.66. The molecule has 2 fully saturated rings. The van der Waals surface area contributed by atoms with Gasteiger partial charge in [0.05, 0.1) is 13.2 Å². The Morgan fingerprint density at radius 3 is 2.71 bits per heavy atom. The lowest BCUT2D eigenvalue weighted by atomic mass is 10.2. The minimum absolute atomic E-state index is 0.0440.